The van der Waals surface area contributed by atoms with Crippen LogP contribution in [0.25, 0.3) is 27.9 Å². The zero-order valence-corrected chi connectivity index (χ0v) is 18.4. The predicted octanol–water partition coefficient (Wildman–Crippen LogP) is 2.37. The molecule has 6 rings (SSSR count). The number of benzene rings is 1. The highest BCUT2D eigenvalue weighted by Gasteiger charge is 2.37. The SMILES string of the molecule is CC(=O)N1CC(O)CC1c1nc(-c2ccc(N3CCOCC3)cc2)c2cnc3[nH]ccc3n12. The molecule has 0 bridgehead atoms. The van der Waals surface area contributed by atoms with Crippen molar-refractivity contribution in [3.05, 3.63) is 48.5 Å². The quantitative estimate of drug-likeness (QED) is 0.501. The minimum Gasteiger partial charge on any atom is -0.391 e. The Balaban J connectivity index is 1.48. The molecule has 2 aliphatic rings. The van der Waals surface area contributed by atoms with Gasteiger partial charge in [0.15, 0.2) is 5.65 Å². The summed E-state index contributed by atoms with van der Waals surface area (Å²) < 4.78 is 7.54. The lowest BCUT2D eigenvalue weighted by molar-refractivity contribution is -0.130. The minimum absolute atomic E-state index is 0.0657. The van der Waals surface area contributed by atoms with Crippen LogP contribution in [-0.4, -0.2) is 74.2 Å². The van der Waals surface area contributed by atoms with Gasteiger partial charge in [-0.1, -0.05) is 12.1 Å². The van der Waals surface area contributed by atoms with E-state index >= 15 is 0 Å². The number of β-amino-alcohol motifs (C(OH)–C–C–N with tert-alkyl or cyclic N) is 1. The molecule has 0 spiro atoms. The van der Waals surface area contributed by atoms with Crippen molar-refractivity contribution in [1.82, 2.24) is 24.3 Å². The summed E-state index contributed by atoms with van der Waals surface area (Å²) >= 11 is 0. The van der Waals surface area contributed by atoms with E-state index in [1.807, 2.05) is 18.5 Å². The van der Waals surface area contributed by atoms with E-state index in [-0.39, 0.29) is 11.9 Å². The van der Waals surface area contributed by atoms with Gasteiger partial charge in [-0.3, -0.25) is 9.20 Å². The van der Waals surface area contributed by atoms with Gasteiger partial charge >= 0.3 is 0 Å². The summed E-state index contributed by atoms with van der Waals surface area (Å²) in [4.78, 5) is 29.2. The number of hydrogen-bond acceptors (Lipinski definition) is 6. The number of carbonyl (C=O) groups is 1. The number of hydrogen-bond donors (Lipinski definition) is 2. The number of ether oxygens (including phenoxy) is 1. The Labute approximate surface area is 190 Å². The molecule has 3 aromatic heterocycles. The van der Waals surface area contributed by atoms with E-state index in [9.17, 15) is 9.90 Å². The predicted molar refractivity (Wildman–Crippen MR) is 124 cm³/mol. The first-order valence-electron chi connectivity index (χ1n) is 11.3. The van der Waals surface area contributed by atoms with E-state index in [1.165, 1.54) is 5.69 Å². The fourth-order valence-corrected chi connectivity index (χ4v) is 5.08. The number of fused-ring (bicyclic) bond motifs is 3. The van der Waals surface area contributed by atoms with Crippen LogP contribution in [0.1, 0.15) is 25.2 Å². The molecular formula is C24H26N6O3. The summed E-state index contributed by atoms with van der Waals surface area (Å²) in [6, 6.07) is 10.1. The van der Waals surface area contributed by atoms with Gasteiger partial charge in [0, 0.05) is 50.4 Å². The van der Waals surface area contributed by atoms with Crippen molar-refractivity contribution in [2.75, 3.05) is 37.7 Å². The lowest BCUT2D eigenvalue weighted by atomic mass is 10.1. The second-order valence-corrected chi connectivity index (χ2v) is 8.73. The molecule has 2 N–H and O–H groups in total. The number of likely N-dealkylation sites (tertiary alicyclic amines) is 1. The zero-order chi connectivity index (χ0) is 22.5. The van der Waals surface area contributed by atoms with Crippen molar-refractivity contribution in [2.45, 2.75) is 25.5 Å². The smallest absolute Gasteiger partial charge is 0.220 e. The van der Waals surface area contributed by atoms with Crippen molar-refractivity contribution in [3.8, 4) is 11.3 Å². The molecule has 0 saturated carbocycles. The highest BCUT2D eigenvalue weighted by molar-refractivity contribution is 5.85. The van der Waals surface area contributed by atoms with Gasteiger partial charge in [-0.15, -0.1) is 0 Å². The van der Waals surface area contributed by atoms with E-state index in [4.69, 9.17) is 9.72 Å². The normalized spacial score (nSPS) is 21.4. The van der Waals surface area contributed by atoms with Crippen LogP contribution >= 0.6 is 0 Å². The van der Waals surface area contributed by atoms with E-state index < -0.39 is 6.10 Å². The Morgan fingerprint density at radius 2 is 1.94 bits per heavy atom. The first-order valence-corrected chi connectivity index (χ1v) is 11.3. The van der Waals surface area contributed by atoms with E-state index in [2.05, 4.69) is 43.5 Å². The molecule has 1 aromatic carbocycles. The minimum atomic E-state index is -0.564. The van der Waals surface area contributed by atoms with Gasteiger partial charge in [-0.05, 0) is 18.2 Å². The Morgan fingerprint density at radius 1 is 1.15 bits per heavy atom. The number of morpholine rings is 1. The number of amides is 1. The third-order valence-electron chi connectivity index (χ3n) is 6.70. The van der Waals surface area contributed by atoms with Gasteiger partial charge in [0.1, 0.15) is 5.82 Å². The number of aliphatic hydroxyl groups excluding tert-OH is 1. The van der Waals surface area contributed by atoms with Crippen LogP contribution in [-0.2, 0) is 9.53 Å². The molecule has 9 heteroatoms. The molecule has 0 radical (unpaired) electrons. The highest BCUT2D eigenvalue weighted by atomic mass is 16.5. The van der Waals surface area contributed by atoms with Gasteiger partial charge < -0.3 is 24.6 Å². The topological polar surface area (TPSA) is 99.0 Å². The zero-order valence-electron chi connectivity index (χ0n) is 18.4. The fraction of sp³-hybridized carbons (Fsp3) is 0.375. The highest BCUT2D eigenvalue weighted by Crippen LogP contribution is 2.37. The Bertz CT molecular complexity index is 1320. The molecule has 2 atom stereocenters. The number of carbonyl (C=O) groups excluding carboxylic acids is 1. The average Bonchev–Trinajstić information content (AvgIpc) is 3.55. The molecule has 2 unspecified atom stereocenters. The number of nitrogens with zero attached hydrogens (tertiary/aromatic N) is 5. The molecule has 2 saturated heterocycles. The average molecular weight is 447 g/mol. The largest absolute Gasteiger partial charge is 0.391 e. The van der Waals surface area contributed by atoms with E-state index in [1.54, 1.807) is 11.8 Å². The van der Waals surface area contributed by atoms with Crippen molar-refractivity contribution in [2.24, 2.45) is 0 Å². The first kappa shape index (κ1) is 20.2. The number of aliphatic hydroxyl groups is 1. The number of aromatic nitrogens is 4. The summed E-state index contributed by atoms with van der Waals surface area (Å²) in [6.07, 6.45) is 3.57. The van der Waals surface area contributed by atoms with Gasteiger partial charge in [-0.2, -0.15) is 0 Å². The van der Waals surface area contributed by atoms with Crippen molar-refractivity contribution in [3.63, 3.8) is 0 Å². The molecule has 2 aliphatic heterocycles. The first-order chi connectivity index (χ1) is 16.1. The summed E-state index contributed by atoms with van der Waals surface area (Å²) in [5, 5.41) is 10.3. The summed E-state index contributed by atoms with van der Waals surface area (Å²) in [5.41, 5.74) is 5.50. The van der Waals surface area contributed by atoms with E-state index in [0.29, 0.717) is 13.0 Å². The molecule has 5 heterocycles. The second-order valence-electron chi connectivity index (χ2n) is 8.73. The number of H-pyrrole nitrogens is 1. The summed E-state index contributed by atoms with van der Waals surface area (Å²) in [6.45, 7) is 5.12. The Hall–Kier alpha value is -3.43. The molecule has 170 valence electrons. The molecular weight excluding hydrogens is 420 g/mol. The molecule has 4 aromatic rings. The van der Waals surface area contributed by atoms with Gasteiger partial charge in [0.25, 0.3) is 0 Å². The standard InChI is InChI=1S/C24H26N6O3/c1-15(31)29-14-18(32)12-20(29)24-27-22(21-13-26-23-19(30(21)24)6-7-25-23)16-2-4-17(5-3-16)28-8-10-33-11-9-28/h2-7,13,18,20,25,32H,8-12,14H2,1H3. The Morgan fingerprint density at radius 3 is 2.70 bits per heavy atom. The molecule has 9 nitrogen and oxygen atoms in total. The van der Waals surface area contributed by atoms with Crippen LogP contribution < -0.4 is 4.90 Å². The van der Waals surface area contributed by atoms with Crippen LogP contribution in [0.4, 0.5) is 5.69 Å². The van der Waals surface area contributed by atoms with Crippen molar-refractivity contribution < 1.29 is 14.6 Å². The van der Waals surface area contributed by atoms with Crippen LogP contribution in [0.5, 0.6) is 0 Å². The summed E-state index contributed by atoms with van der Waals surface area (Å²) in [7, 11) is 0. The van der Waals surface area contributed by atoms with Gasteiger partial charge in [-0.25, -0.2) is 9.97 Å². The van der Waals surface area contributed by atoms with Gasteiger partial charge in [0.2, 0.25) is 5.91 Å². The lowest BCUT2D eigenvalue weighted by Crippen LogP contribution is -2.36. The molecule has 2 fully saturated rings. The third kappa shape index (κ3) is 3.35. The third-order valence-corrected chi connectivity index (χ3v) is 6.70. The van der Waals surface area contributed by atoms with Crippen molar-refractivity contribution in [1.29, 1.82) is 0 Å². The number of aromatic amines is 1. The van der Waals surface area contributed by atoms with Crippen LogP contribution in [0, 0.1) is 0 Å². The van der Waals surface area contributed by atoms with Crippen LogP contribution in [0.15, 0.2) is 42.7 Å². The maximum absolute atomic E-state index is 12.3. The van der Waals surface area contributed by atoms with Gasteiger partial charge in [0.05, 0.1) is 48.3 Å². The molecule has 1 amide bonds. The Kier molecular flexibility index (Phi) is 4.81. The summed E-state index contributed by atoms with van der Waals surface area (Å²) in [5.74, 6) is 0.681. The maximum atomic E-state index is 12.3. The molecule has 0 aliphatic carbocycles. The number of nitrogens with one attached hydrogen (secondary N) is 1. The lowest BCUT2D eigenvalue weighted by Gasteiger charge is -2.28. The van der Waals surface area contributed by atoms with E-state index in [0.717, 1.165) is 60.1 Å². The number of anilines is 1. The van der Waals surface area contributed by atoms with Crippen LogP contribution in [0.2, 0.25) is 0 Å². The van der Waals surface area contributed by atoms with Crippen molar-refractivity contribution >= 4 is 28.3 Å². The maximum Gasteiger partial charge on any atom is 0.220 e. The number of rotatable bonds is 3. The monoisotopic (exact) mass is 446 g/mol. The fourth-order valence-electron chi connectivity index (χ4n) is 5.08. The van der Waals surface area contributed by atoms with Crippen LogP contribution in [0.3, 0.4) is 0 Å². The second kappa shape index (κ2) is 7.86. The number of imidazole rings is 1. The molecule has 33 heavy (non-hydrogen) atoms.